The fourth-order valence-electron chi connectivity index (χ4n) is 5.08. The number of para-hydroxylation sites is 1. The molecule has 1 aliphatic heterocycles. The first-order valence-electron chi connectivity index (χ1n) is 12.5. The van der Waals surface area contributed by atoms with Gasteiger partial charge in [-0.3, -0.25) is 14.8 Å². The highest BCUT2D eigenvalue weighted by Crippen LogP contribution is 2.41. The summed E-state index contributed by atoms with van der Waals surface area (Å²) in [6, 6.07) is 16.5. The second-order valence-corrected chi connectivity index (χ2v) is 9.73. The third-order valence-corrected chi connectivity index (χ3v) is 7.14. The van der Waals surface area contributed by atoms with E-state index in [2.05, 4.69) is 20.2 Å². The van der Waals surface area contributed by atoms with Crippen molar-refractivity contribution in [3.05, 3.63) is 94.8 Å². The minimum atomic E-state index is -0.724. The molecule has 0 radical (unpaired) electrons. The molecule has 0 spiro atoms. The van der Waals surface area contributed by atoms with Gasteiger partial charge in [-0.25, -0.2) is 8.78 Å². The van der Waals surface area contributed by atoms with Gasteiger partial charge in [0.2, 0.25) is 0 Å². The zero-order chi connectivity index (χ0) is 27.1. The van der Waals surface area contributed by atoms with Gasteiger partial charge in [0.15, 0.2) is 0 Å². The van der Waals surface area contributed by atoms with Gasteiger partial charge in [0, 0.05) is 40.7 Å². The van der Waals surface area contributed by atoms with Crippen molar-refractivity contribution in [2.45, 2.75) is 6.92 Å². The number of nitrogens with zero attached hydrogens (tertiary/aromatic N) is 3. The third kappa shape index (κ3) is 4.56. The molecule has 1 N–H and O–H groups in total. The molecule has 0 bridgehead atoms. The number of fused-ring (bicyclic) bond motifs is 2. The highest BCUT2D eigenvalue weighted by Gasteiger charge is 2.25. The first-order chi connectivity index (χ1) is 18.9. The number of ether oxygens (including phenoxy) is 1. The molecule has 6 rings (SSSR count). The zero-order valence-corrected chi connectivity index (χ0v) is 21.7. The second-order valence-electron chi connectivity index (χ2n) is 9.32. The van der Waals surface area contributed by atoms with Crippen LogP contribution in [0, 0.1) is 18.6 Å². The van der Waals surface area contributed by atoms with Crippen LogP contribution in [-0.2, 0) is 4.74 Å². The maximum absolute atomic E-state index is 15.3. The summed E-state index contributed by atoms with van der Waals surface area (Å²) < 4.78 is 35.8. The number of hydrogen-bond acceptors (Lipinski definition) is 5. The van der Waals surface area contributed by atoms with Gasteiger partial charge in [-0.05, 0) is 37.3 Å². The van der Waals surface area contributed by atoms with E-state index in [9.17, 15) is 4.79 Å². The normalized spacial score (nSPS) is 13.7. The first kappa shape index (κ1) is 25.2. The maximum Gasteiger partial charge on any atom is 0.256 e. The summed E-state index contributed by atoms with van der Waals surface area (Å²) in [6.07, 6.45) is 1.49. The van der Waals surface area contributed by atoms with E-state index >= 15 is 8.78 Å². The minimum absolute atomic E-state index is 0.00985. The van der Waals surface area contributed by atoms with Crippen molar-refractivity contribution in [2.24, 2.45) is 0 Å². The summed E-state index contributed by atoms with van der Waals surface area (Å²) in [6.45, 7) is 3.92. The molecule has 3 aromatic carbocycles. The van der Waals surface area contributed by atoms with Crippen molar-refractivity contribution >= 4 is 50.7 Å². The van der Waals surface area contributed by atoms with Gasteiger partial charge < -0.3 is 15.0 Å². The van der Waals surface area contributed by atoms with Crippen LogP contribution < -0.4 is 10.2 Å². The predicted octanol–water partition coefficient (Wildman–Crippen LogP) is 6.78. The van der Waals surface area contributed by atoms with Crippen LogP contribution in [0.2, 0.25) is 5.02 Å². The standard InChI is InChI=1S/C30H23ClF2N4O2/c1-17-15-21(18-5-2-3-8-24(18)35-17)30(38)36-25-16-34-28-20(29(25)37-11-13-39-14-12-37)9-10-23(32)26(28)19-6-4-7-22(31)27(19)33/h2-10,15-16H,11-14H2,1H3,(H,36,38). The van der Waals surface area contributed by atoms with Crippen LogP contribution in [0.25, 0.3) is 32.9 Å². The van der Waals surface area contributed by atoms with Crippen LogP contribution >= 0.6 is 11.6 Å². The SMILES string of the molecule is Cc1cc(C(=O)Nc2cnc3c(-c4cccc(Cl)c4F)c(F)ccc3c2N2CCOCC2)c2ccccc2n1. The lowest BCUT2D eigenvalue weighted by molar-refractivity contribution is 0.102. The van der Waals surface area contributed by atoms with E-state index in [-0.39, 0.29) is 27.6 Å². The molecule has 1 amide bonds. The van der Waals surface area contributed by atoms with Crippen LogP contribution in [0.4, 0.5) is 20.2 Å². The van der Waals surface area contributed by atoms with Crippen molar-refractivity contribution in [1.29, 1.82) is 0 Å². The van der Waals surface area contributed by atoms with E-state index in [0.717, 1.165) is 10.9 Å². The summed E-state index contributed by atoms with van der Waals surface area (Å²) in [7, 11) is 0. The topological polar surface area (TPSA) is 67.4 Å². The third-order valence-electron chi connectivity index (χ3n) is 6.85. The fraction of sp³-hybridized carbons (Fsp3) is 0.167. The molecule has 9 heteroatoms. The monoisotopic (exact) mass is 544 g/mol. The molecule has 1 fully saturated rings. The molecule has 2 aromatic heterocycles. The summed E-state index contributed by atoms with van der Waals surface area (Å²) in [5.41, 5.74) is 3.32. The quantitative estimate of drug-likeness (QED) is 0.270. The number of amides is 1. The highest BCUT2D eigenvalue weighted by atomic mass is 35.5. The predicted molar refractivity (Wildman–Crippen MR) is 150 cm³/mol. The van der Waals surface area contributed by atoms with Crippen molar-refractivity contribution in [3.8, 4) is 11.1 Å². The van der Waals surface area contributed by atoms with E-state index in [1.54, 1.807) is 18.2 Å². The molecule has 0 unspecified atom stereocenters. The Bertz CT molecular complexity index is 1760. The fourth-order valence-corrected chi connectivity index (χ4v) is 5.26. The van der Waals surface area contributed by atoms with Crippen molar-refractivity contribution in [2.75, 3.05) is 36.5 Å². The van der Waals surface area contributed by atoms with Gasteiger partial charge in [0.05, 0.1) is 52.4 Å². The number of anilines is 2. The molecule has 0 saturated carbocycles. The molecule has 1 aliphatic rings. The summed E-state index contributed by atoms with van der Waals surface area (Å²) >= 11 is 6.02. The highest BCUT2D eigenvalue weighted by molar-refractivity contribution is 6.31. The zero-order valence-electron chi connectivity index (χ0n) is 21.0. The maximum atomic E-state index is 15.3. The van der Waals surface area contributed by atoms with Crippen molar-refractivity contribution in [3.63, 3.8) is 0 Å². The van der Waals surface area contributed by atoms with Gasteiger partial charge >= 0.3 is 0 Å². The minimum Gasteiger partial charge on any atom is -0.378 e. The van der Waals surface area contributed by atoms with Crippen LogP contribution in [0.1, 0.15) is 16.1 Å². The number of nitrogens with one attached hydrogen (secondary N) is 1. The lowest BCUT2D eigenvalue weighted by Crippen LogP contribution is -2.37. The van der Waals surface area contributed by atoms with Gasteiger partial charge in [0.25, 0.3) is 5.91 Å². The number of pyridine rings is 2. The number of benzene rings is 3. The molecular weight excluding hydrogens is 522 g/mol. The van der Waals surface area contributed by atoms with Crippen LogP contribution in [0.3, 0.4) is 0 Å². The molecule has 39 heavy (non-hydrogen) atoms. The van der Waals surface area contributed by atoms with E-state index in [1.807, 2.05) is 31.2 Å². The molecule has 5 aromatic rings. The number of halogens is 3. The number of aryl methyl sites for hydroxylation is 1. The van der Waals surface area contributed by atoms with Crippen molar-refractivity contribution in [1.82, 2.24) is 9.97 Å². The van der Waals surface area contributed by atoms with Crippen LogP contribution in [0.5, 0.6) is 0 Å². The van der Waals surface area contributed by atoms with Gasteiger partial charge in [-0.15, -0.1) is 0 Å². The second kappa shape index (κ2) is 10.2. The van der Waals surface area contributed by atoms with Gasteiger partial charge in [-0.2, -0.15) is 0 Å². The number of carbonyl (C=O) groups excluding carboxylic acids is 1. The average molecular weight is 545 g/mol. The summed E-state index contributed by atoms with van der Waals surface area (Å²) in [5, 5.41) is 4.21. The first-order valence-corrected chi connectivity index (χ1v) is 12.9. The Morgan fingerprint density at radius 1 is 1.03 bits per heavy atom. The number of morpholine rings is 1. The Morgan fingerprint density at radius 2 is 1.82 bits per heavy atom. The lowest BCUT2D eigenvalue weighted by atomic mass is 9.99. The number of hydrogen-bond donors (Lipinski definition) is 1. The molecule has 196 valence electrons. The molecular formula is C30H23ClF2N4O2. The van der Waals surface area contributed by atoms with Crippen LogP contribution in [-0.4, -0.2) is 42.2 Å². The van der Waals surface area contributed by atoms with E-state index in [4.69, 9.17) is 16.3 Å². The van der Waals surface area contributed by atoms with Crippen molar-refractivity contribution < 1.29 is 18.3 Å². The lowest BCUT2D eigenvalue weighted by Gasteiger charge is -2.31. The van der Waals surface area contributed by atoms with Crippen LogP contribution in [0.15, 0.2) is 66.9 Å². The Hall–Kier alpha value is -4.14. The number of carbonyl (C=O) groups is 1. The Morgan fingerprint density at radius 3 is 2.64 bits per heavy atom. The Labute approximate surface area is 228 Å². The number of rotatable bonds is 4. The summed E-state index contributed by atoms with van der Waals surface area (Å²) in [4.78, 5) is 24.8. The largest absolute Gasteiger partial charge is 0.378 e. The molecule has 0 aliphatic carbocycles. The molecule has 1 saturated heterocycles. The Kier molecular flexibility index (Phi) is 6.58. The average Bonchev–Trinajstić information content (AvgIpc) is 2.94. The summed E-state index contributed by atoms with van der Waals surface area (Å²) in [5.74, 6) is -1.67. The molecule has 0 atom stereocenters. The smallest absolute Gasteiger partial charge is 0.256 e. The number of aromatic nitrogens is 2. The van der Waals surface area contributed by atoms with E-state index in [0.29, 0.717) is 54.3 Å². The Balaban J connectivity index is 1.53. The molecule has 6 nitrogen and oxygen atoms in total. The molecule has 3 heterocycles. The van der Waals surface area contributed by atoms with E-state index in [1.165, 1.54) is 24.4 Å². The van der Waals surface area contributed by atoms with Gasteiger partial charge in [0.1, 0.15) is 11.6 Å². The van der Waals surface area contributed by atoms with Gasteiger partial charge in [-0.1, -0.05) is 41.9 Å². The van der Waals surface area contributed by atoms with E-state index < -0.39 is 11.6 Å².